The molecule has 6 nitrogen and oxygen atoms in total. The van der Waals surface area contributed by atoms with Crippen molar-refractivity contribution in [3.8, 4) is 0 Å². The van der Waals surface area contributed by atoms with Crippen molar-refractivity contribution >= 4 is 17.4 Å². The number of allylic oxidation sites excluding steroid dienone is 1. The number of aryl methyl sites for hydroxylation is 2. The van der Waals surface area contributed by atoms with Gasteiger partial charge in [-0.25, -0.2) is 4.39 Å². The first-order valence-corrected chi connectivity index (χ1v) is 10.7. The molecule has 1 aromatic carbocycles. The van der Waals surface area contributed by atoms with E-state index in [-0.39, 0.29) is 23.7 Å². The molecule has 1 aliphatic heterocycles. The highest BCUT2D eigenvalue weighted by Gasteiger charge is 2.40. The highest BCUT2D eigenvalue weighted by molar-refractivity contribution is 6.22. The average molecular weight is 427 g/mol. The third-order valence-electron chi connectivity index (χ3n) is 5.64. The van der Waals surface area contributed by atoms with Gasteiger partial charge in [-0.1, -0.05) is 20.8 Å². The Morgan fingerprint density at radius 1 is 1.29 bits per heavy atom. The van der Waals surface area contributed by atoms with Gasteiger partial charge >= 0.3 is 0 Å². The van der Waals surface area contributed by atoms with E-state index in [1.165, 1.54) is 12.1 Å². The Bertz CT molecular complexity index is 1070. The molecule has 1 aromatic heterocycles. The van der Waals surface area contributed by atoms with Crippen molar-refractivity contribution in [3.05, 3.63) is 57.8 Å². The van der Waals surface area contributed by atoms with Crippen LogP contribution in [-0.2, 0) is 10.2 Å². The maximum atomic E-state index is 13.8. The fourth-order valence-corrected chi connectivity index (χ4v) is 4.14. The number of nitrogens with one attached hydrogen (secondary N) is 2. The molecule has 0 atom stereocenters. The third-order valence-corrected chi connectivity index (χ3v) is 5.64. The van der Waals surface area contributed by atoms with Crippen LogP contribution in [-0.4, -0.2) is 39.5 Å². The summed E-state index contributed by atoms with van der Waals surface area (Å²) in [6.45, 7) is 13.6. The number of rotatable bonds is 4. The fourth-order valence-electron chi connectivity index (χ4n) is 4.14. The zero-order valence-corrected chi connectivity index (χ0v) is 19.3. The molecule has 1 aliphatic rings. The molecule has 0 saturated heterocycles. The van der Waals surface area contributed by atoms with Gasteiger partial charge in [-0.2, -0.15) is 5.10 Å². The minimum Gasteiger partial charge on any atom is -0.350 e. The normalized spacial score (nSPS) is 15.7. The van der Waals surface area contributed by atoms with E-state index in [4.69, 9.17) is 0 Å². The van der Waals surface area contributed by atoms with Crippen LogP contribution in [0.3, 0.4) is 0 Å². The van der Waals surface area contributed by atoms with Gasteiger partial charge in [0.05, 0.1) is 11.3 Å². The van der Waals surface area contributed by atoms with Crippen LogP contribution < -0.4 is 5.32 Å². The van der Waals surface area contributed by atoms with Gasteiger partial charge < -0.3 is 10.2 Å². The fraction of sp³-hybridized carbons (Fsp3) is 0.458. The largest absolute Gasteiger partial charge is 0.350 e. The number of amides is 2. The first kappa shape index (κ1) is 22.7. The number of aromatic amines is 1. The topological polar surface area (TPSA) is 78.1 Å². The van der Waals surface area contributed by atoms with Gasteiger partial charge in [-0.05, 0) is 57.9 Å². The summed E-state index contributed by atoms with van der Waals surface area (Å²) in [7, 11) is 0. The quantitative estimate of drug-likeness (QED) is 0.767. The van der Waals surface area contributed by atoms with Gasteiger partial charge in [0, 0.05) is 40.5 Å². The third kappa shape index (κ3) is 4.13. The van der Waals surface area contributed by atoms with Crippen molar-refractivity contribution in [2.24, 2.45) is 0 Å². The number of carbonyl (C=O) groups excluding carboxylic acids is 2. The van der Waals surface area contributed by atoms with Gasteiger partial charge in [0.15, 0.2) is 0 Å². The number of fused-ring (bicyclic) bond motifs is 1. The second-order valence-electron chi connectivity index (χ2n) is 9.11. The number of H-pyrrole nitrogens is 1. The van der Waals surface area contributed by atoms with Crippen LogP contribution in [0.2, 0.25) is 0 Å². The number of carbonyl (C=O) groups is 2. The number of halogens is 1. The van der Waals surface area contributed by atoms with E-state index in [1.54, 1.807) is 17.9 Å². The summed E-state index contributed by atoms with van der Waals surface area (Å²) in [4.78, 5) is 28.7. The van der Waals surface area contributed by atoms with E-state index in [2.05, 4.69) is 15.5 Å². The molecule has 0 aliphatic carbocycles. The lowest BCUT2D eigenvalue weighted by molar-refractivity contribution is -0.116. The number of hydrogen-bond acceptors (Lipinski definition) is 3. The highest BCUT2D eigenvalue weighted by Crippen LogP contribution is 2.40. The molecule has 3 rings (SSSR count). The lowest BCUT2D eigenvalue weighted by atomic mass is 9.85. The molecule has 2 N–H and O–H groups in total. The molecule has 31 heavy (non-hydrogen) atoms. The van der Waals surface area contributed by atoms with Crippen molar-refractivity contribution in [2.45, 2.75) is 66.3 Å². The number of benzene rings is 1. The SMILES string of the molecule is CCC1=C(C(=O)NC(C)C)c2c(n[nH]c2C)C(C)(C)CN1C(=O)c1ccc(F)c(C)c1. The Hall–Kier alpha value is -2.96. The van der Waals surface area contributed by atoms with Gasteiger partial charge in [0.2, 0.25) is 0 Å². The molecule has 2 amide bonds. The summed E-state index contributed by atoms with van der Waals surface area (Å²) < 4.78 is 13.8. The standard InChI is InChI=1S/C24H31FN4O2/c1-8-18-20(22(30)26-13(2)3)19-15(5)27-28-21(19)24(6,7)12-29(18)23(31)16-9-10-17(25)14(4)11-16/h9-11,13H,8,12H2,1-7H3,(H,26,30)(H,27,28). The molecular weight excluding hydrogens is 395 g/mol. The Labute approximate surface area is 182 Å². The first-order chi connectivity index (χ1) is 14.5. The van der Waals surface area contributed by atoms with Crippen LogP contribution in [0.5, 0.6) is 0 Å². The Morgan fingerprint density at radius 2 is 1.97 bits per heavy atom. The summed E-state index contributed by atoms with van der Waals surface area (Å²) in [5.74, 6) is -0.843. The summed E-state index contributed by atoms with van der Waals surface area (Å²) in [5, 5.41) is 10.5. The first-order valence-electron chi connectivity index (χ1n) is 10.7. The van der Waals surface area contributed by atoms with E-state index in [0.717, 1.165) is 17.0 Å². The maximum absolute atomic E-state index is 13.8. The van der Waals surface area contributed by atoms with Crippen LogP contribution in [0.15, 0.2) is 23.9 Å². The minimum absolute atomic E-state index is 0.0612. The second kappa shape index (κ2) is 8.29. The predicted octanol–water partition coefficient (Wildman–Crippen LogP) is 4.24. The summed E-state index contributed by atoms with van der Waals surface area (Å²) in [6, 6.07) is 4.30. The Kier molecular flexibility index (Phi) is 6.07. The molecule has 2 heterocycles. The Morgan fingerprint density at radius 3 is 2.55 bits per heavy atom. The van der Waals surface area contributed by atoms with Crippen molar-refractivity contribution in [1.29, 1.82) is 0 Å². The summed E-state index contributed by atoms with van der Waals surface area (Å²) in [6.07, 6.45) is 0.479. The molecule has 0 radical (unpaired) electrons. The molecule has 7 heteroatoms. The molecule has 0 unspecified atom stereocenters. The average Bonchev–Trinajstić information content (AvgIpc) is 3.02. The monoisotopic (exact) mass is 426 g/mol. The van der Waals surface area contributed by atoms with Gasteiger partial charge in [0.1, 0.15) is 5.82 Å². The molecule has 0 saturated carbocycles. The zero-order valence-electron chi connectivity index (χ0n) is 19.3. The zero-order chi connectivity index (χ0) is 23.1. The predicted molar refractivity (Wildman–Crippen MR) is 119 cm³/mol. The van der Waals surface area contributed by atoms with Crippen molar-refractivity contribution in [1.82, 2.24) is 20.4 Å². The van der Waals surface area contributed by atoms with E-state index < -0.39 is 5.41 Å². The van der Waals surface area contributed by atoms with Crippen LogP contribution in [0.1, 0.15) is 73.9 Å². The van der Waals surface area contributed by atoms with Crippen molar-refractivity contribution in [2.75, 3.05) is 6.54 Å². The van der Waals surface area contributed by atoms with E-state index in [0.29, 0.717) is 35.4 Å². The Balaban J connectivity index is 2.25. The number of nitrogens with zero attached hydrogens (tertiary/aromatic N) is 2. The van der Waals surface area contributed by atoms with Crippen molar-refractivity contribution in [3.63, 3.8) is 0 Å². The molecule has 0 bridgehead atoms. The molecular formula is C24H31FN4O2. The van der Waals surface area contributed by atoms with E-state index in [1.807, 2.05) is 41.5 Å². The summed E-state index contributed by atoms with van der Waals surface area (Å²) >= 11 is 0. The minimum atomic E-state index is -0.509. The highest BCUT2D eigenvalue weighted by atomic mass is 19.1. The maximum Gasteiger partial charge on any atom is 0.258 e. The second-order valence-corrected chi connectivity index (χ2v) is 9.11. The summed E-state index contributed by atoms with van der Waals surface area (Å²) in [5.41, 5.74) is 3.70. The molecule has 2 aromatic rings. The van der Waals surface area contributed by atoms with E-state index in [9.17, 15) is 14.0 Å². The van der Waals surface area contributed by atoms with E-state index >= 15 is 0 Å². The molecule has 166 valence electrons. The van der Waals surface area contributed by atoms with Gasteiger partial charge in [-0.15, -0.1) is 0 Å². The van der Waals surface area contributed by atoms with Crippen LogP contribution in [0.25, 0.3) is 5.57 Å². The number of hydrogen-bond donors (Lipinski definition) is 2. The van der Waals surface area contributed by atoms with Crippen LogP contribution in [0, 0.1) is 19.7 Å². The number of aromatic nitrogens is 2. The lowest BCUT2D eigenvalue weighted by Crippen LogP contribution is -2.40. The molecule has 0 spiro atoms. The lowest BCUT2D eigenvalue weighted by Gasteiger charge is -2.31. The molecule has 0 fully saturated rings. The van der Waals surface area contributed by atoms with Crippen LogP contribution in [0.4, 0.5) is 4.39 Å². The van der Waals surface area contributed by atoms with Gasteiger partial charge in [-0.3, -0.25) is 14.7 Å². The smallest absolute Gasteiger partial charge is 0.258 e. The van der Waals surface area contributed by atoms with Crippen molar-refractivity contribution < 1.29 is 14.0 Å². The van der Waals surface area contributed by atoms with Gasteiger partial charge in [0.25, 0.3) is 11.8 Å². The van der Waals surface area contributed by atoms with Crippen LogP contribution >= 0.6 is 0 Å².